The second-order valence-electron chi connectivity index (χ2n) is 3.31. The zero-order valence-corrected chi connectivity index (χ0v) is 7.79. The third-order valence-corrected chi connectivity index (χ3v) is 1.24. The van der Waals surface area contributed by atoms with Crippen LogP contribution in [0.1, 0.15) is 27.7 Å². The minimum absolute atomic E-state index is 0.0240. The third-order valence-electron chi connectivity index (χ3n) is 1.15. The fourth-order valence-electron chi connectivity index (χ4n) is 0.354. The number of nitrogens with zero attached hydrogens (tertiary/aromatic N) is 1. The summed E-state index contributed by atoms with van der Waals surface area (Å²) in [6.45, 7) is 11.7. The van der Waals surface area contributed by atoms with E-state index in [0.29, 0.717) is 5.17 Å². The van der Waals surface area contributed by atoms with E-state index in [1.54, 1.807) is 6.92 Å². The zero-order valence-electron chi connectivity index (χ0n) is 7.03. The summed E-state index contributed by atoms with van der Waals surface area (Å²) in [6.07, 6.45) is 0. The van der Waals surface area contributed by atoms with Crippen LogP contribution in [0.15, 0.2) is 17.3 Å². The van der Waals surface area contributed by atoms with Gasteiger partial charge in [0.2, 0.25) is 0 Å². The summed E-state index contributed by atoms with van der Waals surface area (Å²) in [6, 6.07) is 0. The van der Waals surface area contributed by atoms with Gasteiger partial charge in [0.15, 0.2) is 0 Å². The smallest absolute Gasteiger partial charge is 0.103 e. The van der Waals surface area contributed by atoms with Crippen LogP contribution in [0, 0.1) is 5.41 Å². The average molecular weight is 160 g/mol. The normalized spacial score (nSPS) is 13.5. The molecular formula is C8H14ClN. The monoisotopic (exact) mass is 159 g/mol. The molecule has 2 heteroatoms. The minimum Gasteiger partial charge on any atom is -0.246 e. The summed E-state index contributed by atoms with van der Waals surface area (Å²) in [5.41, 5.74) is 0.843. The number of rotatable bonds is 1. The lowest BCUT2D eigenvalue weighted by Crippen LogP contribution is -2.06. The average Bonchev–Trinajstić information content (AvgIpc) is 1.60. The molecule has 10 heavy (non-hydrogen) atoms. The number of hydrogen-bond acceptors (Lipinski definition) is 1. The van der Waals surface area contributed by atoms with E-state index in [9.17, 15) is 0 Å². The molecular weight excluding hydrogens is 146 g/mol. The van der Waals surface area contributed by atoms with E-state index in [1.165, 1.54) is 0 Å². The highest BCUT2D eigenvalue weighted by Gasteiger charge is 2.13. The summed E-state index contributed by atoms with van der Waals surface area (Å²) in [5, 5.41) is 0.542. The molecule has 58 valence electrons. The number of halogens is 1. The Morgan fingerprint density at radius 1 is 1.40 bits per heavy atom. The van der Waals surface area contributed by atoms with Crippen LogP contribution < -0.4 is 0 Å². The van der Waals surface area contributed by atoms with Crippen LogP contribution in [0.5, 0.6) is 0 Å². The van der Waals surface area contributed by atoms with Crippen LogP contribution in [-0.4, -0.2) is 5.17 Å². The SMILES string of the molecule is C=C(N=C(C)Cl)C(C)(C)C. The Balaban J connectivity index is 4.27. The third kappa shape index (κ3) is 3.67. The molecule has 0 aliphatic carbocycles. The largest absolute Gasteiger partial charge is 0.246 e. The predicted octanol–water partition coefficient (Wildman–Crippen LogP) is 3.20. The van der Waals surface area contributed by atoms with Crippen molar-refractivity contribution in [2.45, 2.75) is 27.7 Å². The van der Waals surface area contributed by atoms with E-state index < -0.39 is 0 Å². The van der Waals surface area contributed by atoms with Gasteiger partial charge in [0, 0.05) is 11.1 Å². The predicted molar refractivity (Wildman–Crippen MR) is 47.6 cm³/mol. The Labute approximate surface area is 67.8 Å². The fourth-order valence-corrected chi connectivity index (χ4v) is 0.456. The lowest BCUT2D eigenvalue weighted by Gasteiger charge is -2.17. The van der Waals surface area contributed by atoms with Crippen molar-refractivity contribution in [3.63, 3.8) is 0 Å². The lowest BCUT2D eigenvalue weighted by atomic mass is 9.93. The van der Waals surface area contributed by atoms with Gasteiger partial charge in [0.1, 0.15) is 5.17 Å². The number of allylic oxidation sites excluding steroid dienone is 1. The molecule has 0 aromatic carbocycles. The van der Waals surface area contributed by atoms with Gasteiger partial charge in [-0.15, -0.1) is 0 Å². The number of hydrogen-bond donors (Lipinski definition) is 0. The van der Waals surface area contributed by atoms with Crippen LogP contribution in [0.2, 0.25) is 0 Å². The minimum atomic E-state index is 0.0240. The van der Waals surface area contributed by atoms with Crippen molar-refractivity contribution in [1.29, 1.82) is 0 Å². The van der Waals surface area contributed by atoms with Gasteiger partial charge >= 0.3 is 0 Å². The van der Waals surface area contributed by atoms with E-state index in [1.807, 2.05) is 0 Å². The van der Waals surface area contributed by atoms with Gasteiger partial charge in [-0.05, 0) is 6.92 Å². The molecule has 0 unspecified atom stereocenters. The molecule has 0 aliphatic heterocycles. The Bertz CT molecular complexity index is 159. The summed E-state index contributed by atoms with van der Waals surface area (Å²) in [7, 11) is 0. The van der Waals surface area contributed by atoms with Gasteiger partial charge in [-0.2, -0.15) is 0 Å². The van der Waals surface area contributed by atoms with Gasteiger partial charge in [-0.25, -0.2) is 4.99 Å². The Morgan fingerprint density at radius 3 is 1.90 bits per heavy atom. The van der Waals surface area contributed by atoms with Crippen molar-refractivity contribution in [3.8, 4) is 0 Å². The van der Waals surface area contributed by atoms with Crippen LogP contribution >= 0.6 is 11.6 Å². The Morgan fingerprint density at radius 2 is 1.80 bits per heavy atom. The van der Waals surface area contributed by atoms with Crippen molar-refractivity contribution < 1.29 is 0 Å². The topological polar surface area (TPSA) is 12.4 Å². The van der Waals surface area contributed by atoms with Crippen LogP contribution in [-0.2, 0) is 0 Å². The lowest BCUT2D eigenvalue weighted by molar-refractivity contribution is 0.501. The first kappa shape index (κ1) is 9.70. The molecule has 0 aromatic heterocycles. The molecule has 0 rings (SSSR count). The molecule has 0 amide bonds. The van der Waals surface area contributed by atoms with Crippen molar-refractivity contribution in [3.05, 3.63) is 12.3 Å². The Hall–Kier alpha value is -0.300. The first-order chi connectivity index (χ1) is 4.34. The summed E-state index contributed by atoms with van der Waals surface area (Å²) >= 11 is 5.57. The molecule has 0 N–H and O–H groups in total. The van der Waals surface area contributed by atoms with Crippen molar-refractivity contribution in [2.24, 2.45) is 10.4 Å². The summed E-state index contributed by atoms with van der Waals surface area (Å²) in [5.74, 6) is 0. The highest BCUT2D eigenvalue weighted by molar-refractivity contribution is 6.64. The van der Waals surface area contributed by atoms with Gasteiger partial charge in [-0.3, -0.25) is 0 Å². The molecule has 0 spiro atoms. The van der Waals surface area contributed by atoms with Crippen molar-refractivity contribution in [2.75, 3.05) is 0 Å². The molecule has 0 aromatic rings. The molecule has 0 atom stereocenters. The van der Waals surface area contributed by atoms with E-state index in [-0.39, 0.29) is 5.41 Å². The van der Waals surface area contributed by atoms with Gasteiger partial charge in [0.05, 0.1) is 0 Å². The van der Waals surface area contributed by atoms with E-state index in [2.05, 4.69) is 32.3 Å². The van der Waals surface area contributed by atoms with Crippen LogP contribution in [0.3, 0.4) is 0 Å². The molecule has 0 fully saturated rings. The first-order valence-electron chi connectivity index (χ1n) is 3.24. The van der Waals surface area contributed by atoms with E-state index in [0.717, 1.165) is 5.70 Å². The first-order valence-corrected chi connectivity index (χ1v) is 3.62. The summed E-state index contributed by atoms with van der Waals surface area (Å²) in [4.78, 5) is 4.04. The van der Waals surface area contributed by atoms with Gasteiger partial charge in [0.25, 0.3) is 0 Å². The molecule has 0 heterocycles. The van der Waals surface area contributed by atoms with Gasteiger partial charge < -0.3 is 0 Å². The maximum atomic E-state index is 5.57. The van der Waals surface area contributed by atoms with Crippen molar-refractivity contribution in [1.82, 2.24) is 0 Å². The Kier molecular flexibility index (Phi) is 3.10. The molecule has 0 saturated heterocycles. The van der Waals surface area contributed by atoms with Gasteiger partial charge in [-0.1, -0.05) is 39.0 Å². The second kappa shape index (κ2) is 3.20. The van der Waals surface area contributed by atoms with Crippen molar-refractivity contribution >= 4 is 16.8 Å². The summed E-state index contributed by atoms with van der Waals surface area (Å²) < 4.78 is 0. The zero-order chi connectivity index (χ0) is 8.36. The van der Waals surface area contributed by atoms with E-state index in [4.69, 9.17) is 11.6 Å². The van der Waals surface area contributed by atoms with E-state index >= 15 is 0 Å². The molecule has 0 aliphatic rings. The molecule has 0 radical (unpaired) electrons. The van der Waals surface area contributed by atoms with Crippen LogP contribution in [0.25, 0.3) is 0 Å². The molecule has 1 nitrogen and oxygen atoms in total. The maximum absolute atomic E-state index is 5.57. The highest BCUT2D eigenvalue weighted by atomic mass is 35.5. The fraction of sp³-hybridized carbons (Fsp3) is 0.625. The number of aliphatic imine (C=N–C) groups is 1. The quantitative estimate of drug-likeness (QED) is 0.521. The maximum Gasteiger partial charge on any atom is 0.103 e. The highest BCUT2D eigenvalue weighted by Crippen LogP contribution is 2.24. The second-order valence-corrected chi connectivity index (χ2v) is 3.85. The van der Waals surface area contributed by atoms with Crippen LogP contribution in [0.4, 0.5) is 0 Å². The molecule has 0 saturated carbocycles. The molecule has 0 bridgehead atoms. The standard InChI is InChI=1S/C8H14ClN/c1-6(8(3,4)5)10-7(2)9/h1H2,2-5H3.